The van der Waals surface area contributed by atoms with E-state index in [2.05, 4.69) is 5.32 Å². The standard InChI is InChI=1S/C16H16ClN3O4/c1-9-7-11(17)3-6-15(9)24-12-4-5-14(20(22)23)13(8-12)19-10(2)16(18)21/h3-8,10,19H,1-2H3,(H2,18,21). The molecule has 1 unspecified atom stereocenters. The Kier molecular flexibility index (Phi) is 5.25. The highest BCUT2D eigenvalue weighted by molar-refractivity contribution is 6.30. The van der Waals surface area contributed by atoms with Crippen LogP contribution in [0.3, 0.4) is 0 Å². The van der Waals surface area contributed by atoms with Crippen LogP contribution in [0.15, 0.2) is 36.4 Å². The fraction of sp³-hybridized carbons (Fsp3) is 0.188. The number of hydrogen-bond donors (Lipinski definition) is 2. The number of nitrogens with one attached hydrogen (secondary N) is 1. The summed E-state index contributed by atoms with van der Waals surface area (Å²) >= 11 is 5.90. The van der Waals surface area contributed by atoms with Gasteiger partial charge in [0.1, 0.15) is 23.2 Å². The molecule has 0 aliphatic rings. The number of aryl methyl sites for hydroxylation is 1. The van der Waals surface area contributed by atoms with Gasteiger partial charge in [0.15, 0.2) is 0 Å². The van der Waals surface area contributed by atoms with Crippen molar-refractivity contribution in [1.82, 2.24) is 0 Å². The maximum absolute atomic E-state index is 11.2. The fourth-order valence-electron chi connectivity index (χ4n) is 2.01. The number of benzene rings is 2. The lowest BCUT2D eigenvalue weighted by atomic mass is 10.2. The molecule has 0 bridgehead atoms. The van der Waals surface area contributed by atoms with Gasteiger partial charge >= 0.3 is 0 Å². The fourth-order valence-corrected chi connectivity index (χ4v) is 2.24. The minimum absolute atomic E-state index is 0.149. The summed E-state index contributed by atoms with van der Waals surface area (Å²) in [5.41, 5.74) is 5.98. The van der Waals surface area contributed by atoms with E-state index >= 15 is 0 Å². The van der Waals surface area contributed by atoms with Gasteiger partial charge in [-0.05, 0) is 43.7 Å². The number of anilines is 1. The SMILES string of the molecule is Cc1cc(Cl)ccc1Oc1ccc([N+](=O)[O-])c(NC(C)C(N)=O)c1. The average molecular weight is 350 g/mol. The number of carbonyl (C=O) groups excluding carboxylic acids is 1. The molecule has 1 amide bonds. The van der Waals surface area contributed by atoms with Gasteiger partial charge in [-0.1, -0.05) is 11.6 Å². The Morgan fingerprint density at radius 3 is 2.62 bits per heavy atom. The molecule has 2 aromatic carbocycles. The number of carbonyl (C=O) groups is 1. The molecule has 24 heavy (non-hydrogen) atoms. The Labute approximate surface area is 143 Å². The topological polar surface area (TPSA) is 107 Å². The van der Waals surface area contributed by atoms with Crippen LogP contribution in [0.1, 0.15) is 12.5 Å². The van der Waals surface area contributed by atoms with Crippen LogP contribution < -0.4 is 15.8 Å². The van der Waals surface area contributed by atoms with E-state index in [1.54, 1.807) is 18.2 Å². The highest BCUT2D eigenvalue weighted by Crippen LogP contribution is 2.33. The van der Waals surface area contributed by atoms with Crippen LogP contribution in [0, 0.1) is 17.0 Å². The monoisotopic (exact) mass is 349 g/mol. The lowest BCUT2D eigenvalue weighted by Gasteiger charge is -2.14. The number of primary amides is 1. The molecule has 0 aromatic heterocycles. The number of halogens is 1. The Bertz CT molecular complexity index is 795. The molecule has 0 saturated heterocycles. The Balaban J connectivity index is 2.34. The summed E-state index contributed by atoms with van der Waals surface area (Å²) < 4.78 is 5.74. The molecule has 0 saturated carbocycles. The van der Waals surface area contributed by atoms with Crippen molar-refractivity contribution in [3.8, 4) is 11.5 Å². The van der Waals surface area contributed by atoms with Crippen LogP contribution in [0.5, 0.6) is 11.5 Å². The molecule has 0 aliphatic heterocycles. The van der Waals surface area contributed by atoms with Crippen LogP contribution in [0.2, 0.25) is 5.02 Å². The summed E-state index contributed by atoms with van der Waals surface area (Å²) in [6, 6.07) is 8.60. The first-order valence-electron chi connectivity index (χ1n) is 7.06. The Hall–Kier alpha value is -2.80. The molecule has 2 rings (SSSR count). The third-order valence-corrected chi connectivity index (χ3v) is 3.56. The molecule has 0 fully saturated rings. The van der Waals surface area contributed by atoms with Crippen molar-refractivity contribution >= 4 is 28.9 Å². The predicted octanol–water partition coefficient (Wildman–Crippen LogP) is 3.63. The van der Waals surface area contributed by atoms with Crippen molar-refractivity contribution in [2.24, 2.45) is 5.73 Å². The van der Waals surface area contributed by atoms with Gasteiger partial charge in [0, 0.05) is 17.2 Å². The summed E-state index contributed by atoms with van der Waals surface area (Å²) in [6.45, 7) is 3.35. The van der Waals surface area contributed by atoms with E-state index < -0.39 is 16.9 Å². The van der Waals surface area contributed by atoms with E-state index in [9.17, 15) is 14.9 Å². The summed E-state index contributed by atoms with van der Waals surface area (Å²) in [4.78, 5) is 21.8. The van der Waals surface area contributed by atoms with Gasteiger partial charge in [-0.3, -0.25) is 14.9 Å². The summed E-state index contributed by atoms with van der Waals surface area (Å²) in [7, 11) is 0. The zero-order valence-corrected chi connectivity index (χ0v) is 13.8. The maximum Gasteiger partial charge on any atom is 0.292 e. The van der Waals surface area contributed by atoms with Gasteiger partial charge in [-0.25, -0.2) is 0 Å². The molecule has 0 spiro atoms. The number of nitrogens with zero attached hydrogens (tertiary/aromatic N) is 1. The maximum atomic E-state index is 11.2. The molecular formula is C16H16ClN3O4. The predicted molar refractivity (Wildman–Crippen MR) is 91.6 cm³/mol. The summed E-state index contributed by atoms with van der Waals surface area (Å²) in [5.74, 6) is 0.330. The van der Waals surface area contributed by atoms with E-state index in [0.29, 0.717) is 16.5 Å². The van der Waals surface area contributed by atoms with E-state index in [-0.39, 0.29) is 11.4 Å². The third-order valence-electron chi connectivity index (χ3n) is 3.33. The third kappa shape index (κ3) is 4.14. The summed E-state index contributed by atoms with van der Waals surface area (Å²) in [6.07, 6.45) is 0. The first-order valence-corrected chi connectivity index (χ1v) is 7.44. The van der Waals surface area contributed by atoms with E-state index in [1.165, 1.54) is 25.1 Å². The van der Waals surface area contributed by atoms with Crippen molar-refractivity contribution in [1.29, 1.82) is 0 Å². The second kappa shape index (κ2) is 7.18. The number of nitro benzene ring substituents is 1. The normalized spacial score (nSPS) is 11.6. The van der Waals surface area contributed by atoms with Crippen molar-refractivity contribution in [2.75, 3.05) is 5.32 Å². The lowest BCUT2D eigenvalue weighted by molar-refractivity contribution is -0.384. The first-order chi connectivity index (χ1) is 11.3. The molecule has 2 aromatic rings. The molecule has 7 nitrogen and oxygen atoms in total. The van der Waals surface area contributed by atoms with Crippen molar-refractivity contribution in [2.45, 2.75) is 19.9 Å². The second-order valence-electron chi connectivity index (χ2n) is 5.22. The molecule has 126 valence electrons. The van der Waals surface area contributed by atoms with Gasteiger partial charge < -0.3 is 15.8 Å². The molecule has 8 heteroatoms. The van der Waals surface area contributed by atoms with Crippen molar-refractivity contribution in [3.05, 3.63) is 57.1 Å². The zero-order valence-electron chi connectivity index (χ0n) is 13.1. The Morgan fingerprint density at radius 2 is 2.04 bits per heavy atom. The van der Waals surface area contributed by atoms with Gasteiger partial charge in [-0.2, -0.15) is 0 Å². The lowest BCUT2D eigenvalue weighted by Crippen LogP contribution is -2.32. The van der Waals surface area contributed by atoms with Crippen LogP contribution in [0.4, 0.5) is 11.4 Å². The number of nitro groups is 1. The minimum Gasteiger partial charge on any atom is -0.457 e. The quantitative estimate of drug-likeness (QED) is 0.611. The van der Waals surface area contributed by atoms with Crippen LogP contribution in [-0.4, -0.2) is 16.9 Å². The van der Waals surface area contributed by atoms with E-state index in [1.807, 2.05) is 6.92 Å². The molecular weight excluding hydrogens is 334 g/mol. The number of ether oxygens (including phenoxy) is 1. The average Bonchev–Trinajstić information content (AvgIpc) is 2.50. The van der Waals surface area contributed by atoms with Gasteiger partial charge in [0.25, 0.3) is 5.69 Å². The molecule has 3 N–H and O–H groups in total. The Morgan fingerprint density at radius 1 is 1.33 bits per heavy atom. The zero-order chi connectivity index (χ0) is 17.9. The highest BCUT2D eigenvalue weighted by Gasteiger charge is 2.19. The number of amides is 1. The first kappa shape index (κ1) is 17.6. The van der Waals surface area contributed by atoms with Crippen LogP contribution >= 0.6 is 11.6 Å². The van der Waals surface area contributed by atoms with Crippen molar-refractivity contribution < 1.29 is 14.5 Å². The summed E-state index contributed by atoms with van der Waals surface area (Å²) in [5, 5.41) is 14.4. The molecule has 0 aliphatic carbocycles. The molecule has 1 atom stereocenters. The second-order valence-corrected chi connectivity index (χ2v) is 5.65. The molecule has 0 heterocycles. The number of rotatable bonds is 6. The highest BCUT2D eigenvalue weighted by atomic mass is 35.5. The van der Waals surface area contributed by atoms with Gasteiger partial charge in [-0.15, -0.1) is 0 Å². The minimum atomic E-state index is -0.767. The van der Waals surface area contributed by atoms with E-state index in [4.69, 9.17) is 22.1 Å². The van der Waals surface area contributed by atoms with E-state index in [0.717, 1.165) is 5.56 Å². The number of nitrogens with two attached hydrogens (primary N) is 1. The van der Waals surface area contributed by atoms with Crippen LogP contribution in [-0.2, 0) is 4.79 Å². The van der Waals surface area contributed by atoms with Crippen molar-refractivity contribution in [3.63, 3.8) is 0 Å². The molecule has 0 radical (unpaired) electrons. The van der Waals surface area contributed by atoms with Crippen LogP contribution in [0.25, 0.3) is 0 Å². The van der Waals surface area contributed by atoms with Gasteiger partial charge in [0.2, 0.25) is 5.91 Å². The largest absolute Gasteiger partial charge is 0.457 e. The smallest absolute Gasteiger partial charge is 0.292 e. The number of hydrogen-bond acceptors (Lipinski definition) is 5. The van der Waals surface area contributed by atoms with Gasteiger partial charge in [0.05, 0.1) is 4.92 Å².